The predicted octanol–water partition coefficient (Wildman–Crippen LogP) is 5.52. The van der Waals surface area contributed by atoms with Gasteiger partial charge in [0, 0.05) is 18.7 Å². The lowest BCUT2D eigenvalue weighted by Gasteiger charge is -2.20. The van der Waals surface area contributed by atoms with Gasteiger partial charge >= 0.3 is 11.9 Å². The van der Waals surface area contributed by atoms with Crippen molar-refractivity contribution in [3.63, 3.8) is 0 Å². The van der Waals surface area contributed by atoms with E-state index in [9.17, 15) is 14.7 Å². The number of allylic oxidation sites excluding steroid dienone is 6. The number of nitrogens with zero attached hydrogens (tertiary/aromatic N) is 2. The first kappa shape index (κ1) is 30.0. The molecule has 0 aliphatic rings. The minimum absolute atomic E-state index is 0.418. The number of hydrogen-bond acceptors (Lipinski definition) is 5. The van der Waals surface area contributed by atoms with Gasteiger partial charge in [-0.05, 0) is 59.9 Å². The molecule has 0 aromatic rings. The van der Waals surface area contributed by atoms with Gasteiger partial charge in [0.2, 0.25) is 0 Å². The summed E-state index contributed by atoms with van der Waals surface area (Å²) < 4.78 is 5.66. The zero-order chi connectivity index (χ0) is 25.6. The monoisotopic (exact) mass is 456 g/mol. The highest BCUT2D eigenvalue weighted by Gasteiger charge is 2.22. The first-order chi connectivity index (χ1) is 15.5. The molecule has 2 unspecified atom stereocenters. The minimum Gasteiger partial charge on any atom is -0.481 e. The number of carbonyl (C=O) groups is 2. The average molecular weight is 457 g/mol. The highest BCUT2D eigenvalue weighted by atomic mass is 16.5. The highest BCUT2D eigenvalue weighted by Crippen LogP contribution is 2.25. The molecule has 0 saturated carbocycles. The maximum atomic E-state index is 12.6. The van der Waals surface area contributed by atoms with E-state index in [0.29, 0.717) is 41.9 Å². The molecule has 0 saturated heterocycles. The van der Waals surface area contributed by atoms with Crippen LogP contribution in [0.3, 0.4) is 0 Å². The molecule has 0 spiro atoms. The molecule has 0 aromatic carbocycles. The van der Waals surface area contributed by atoms with Gasteiger partial charge in [0.25, 0.3) is 0 Å². The molecule has 0 amide bonds. The number of aliphatic imine (C=N–C) groups is 1. The molecule has 0 bridgehead atoms. The molecule has 33 heavy (non-hydrogen) atoms. The summed E-state index contributed by atoms with van der Waals surface area (Å²) in [5, 5.41) is 9.65. The van der Waals surface area contributed by atoms with Crippen LogP contribution in [-0.4, -0.2) is 54.4 Å². The van der Waals surface area contributed by atoms with Crippen LogP contribution in [0.5, 0.6) is 0 Å². The molecule has 0 aromatic heterocycles. The predicted molar refractivity (Wildman–Crippen MR) is 137 cm³/mol. The number of rotatable bonds is 14. The summed E-state index contributed by atoms with van der Waals surface area (Å²) in [4.78, 5) is 31.2. The second kappa shape index (κ2) is 15.8. The van der Waals surface area contributed by atoms with Crippen molar-refractivity contribution in [1.82, 2.24) is 4.90 Å². The molecular weight excluding hydrogens is 416 g/mol. The lowest BCUT2D eigenvalue weighted by atomic mass is 9.95. The Bertz CT molecular complexity index is 857. The Balaban J connectivity index is 6.32. The second-order valence-electron chi connectivity index (χ2n) is 7.97. The number of aliphatic carboxylic acids is 1. The van der Waals surface area contributed by atoms with Crippen molar-refractivity contribution in [3.8, 4) is 0 Å². The van der Waals surface area contributed by atoms with Crippen molar-refractivity contribution in [2.75, 3.05) is 20.6 Å². The molecule has 0 radical (unpaired) electrons. The minimum atomic E-state index is -0.932. The zero-order valence-electron chi connectivity index (χ0n) is 21.2. The van der Waals surface area contributed by atoms with E-state index in [1.807, 2.05) is 32.8 Å². The van der Waals surface area contributed by atoms with E-state index >= 15 is 0 Å². The molecule has 0 aliphatic carbocycles. The fraction of sp³-hybridized carbons (Fsp3) is 0.444. The molecular formula is C27H40N2O4. The first-order valence-corrected chi connectivity index (χ1v) is 11.2. The highest BCUT2D eigenvalue weighted by molar-refractivity contribution is 5.96. The van der Waals surface area contributed by atoms with E-state index in [1.165, 1.54) is 0 Å². The Hall–Kier alpha value is -2.99. The van der Waals surface area contributed by atoms with Crippen LogP contribution in [0.25, 0.3) is 0 Å². The lowest BCUT2D eigenvalue weighted by molar-refractivity contribution is -0.141. The van der Waals surface area contributed by atoms with Crippen molar-refractivity contribution in [2.24, 2.45) is 10.9 Å². The second-order valence-corrected chi connectivity index (χ2v) is 7.97. The lowest BCUT2D eigenvalue weighted by Crippen LogP contribution is -2.25. The summed E-state index contributed by atoms with van der Waals surface area (Å²) in [6.45, 7) is 17.3. The van der Waals surface area contributed by atoms with E-state index in [1.54, 1.807) is 57.2 Å². The van der Waals surface area contributed by atoms with Crippen LogP contribution in [0.2, 0.25) is 0 Å². The number of carboxylic acid groups (broad SMARTS) is 1. The van der Waals surface area contributed by atoms with Gasteiger partial charge < -0.3 is 14.7 Å². The molecule has 182 valence electrons. The third kappa shape index (κ3) is 10.9. The molecule has 0 rings (SSSR count). The summed E-state index contributed by atoms with van der Waals surface area (Å²) in [5.74, 6) is -2.14. The van der Waals surface area contributed by atoms with Gasteiger partial charge in [0.05, 0.1) is 17.2 Å². The van der Waals surface area contributed by atoms with Gasteiger partial charge in [-0.15, -0.1) is 0 Å². The number of hydrogen-bond donors (Lipinski definition) is 1. The number of carbonyl (C=O) groups excluding carboxylic acids is 1. The quantitative estimate of drug-likeness (QED) is 0.122. The fourth-order valence-electron chi connectivity index (χ4n) is 3.13. The molecule has 0 aliphatic heterocycles. The van der Waals surface area contributed by atoms with Gasteiger partial charge in [-0.2, -0.15) is 0 Å². The van der Waals surface area contributed by atoms with Crippen LogP contribution < -0.4 is 0 Å². The van der Waals surface area contributed by atoms with Crippen molar-refractivity contribution >= 4 is 17.7 Å². The molecule has 0 heterocycles. The Morgan fingerprint density at radius 3 is 2.27 bits per heavy atom. The molecule has 6 nitrogen and oxygen atoms in total. The topological polar surface area (TPSA) is 79.2 Å². The fourth-order valence-corrected chi connectivity index (χ4v) is 3.13. The summed E-state index contributed by atoms with van der Waals surface area (Å²) in [6, 6.07) is 0. The number of esters is 1. The van der Waals surface area contributed by atoms with Crippen molar-refractivity contribution in [3.05, 3.63) is 72.0 Å². The van der Waals surface area contributed by atoms with Crippen LogP contribution >= 0.6 is 0 Å². The summed E-state index contributed by atoms with van der Waals surface area (Å²) >= 11 is 0. The molecule has 2 atom stereocenters. The Kier molecular flexibility index (Phi) is 14.3. The largest absolute Gasteiger partial charge is 0.481 e. The van der Waals surface area contributed by atoms with E-state index in [4.69, 9.17) is 9.73 Å². The third-order valence-electron chi connectivity index (χ3n) is 4.83. The van der Waals surface area contributed by atoms with E-state index in [0.717, 1.165) is 5.57 Å². The number of carboxylic acids is 1. The maximum Gasteiger partial charge on any atom is 0.338 e. The van der Waals surface area contributed by atoms with Crippen molar-refractivity contribution in [2.45, 2.75) is 53.6 Å². The molecule has 1 N–H and O–H groups in total. The standard InChI is InChI=1S/C27H40N2O4/c1-10-14-16-22(12-3)27(32)33-21(7)24(13-4)28-25(17-19(5)18-29(8)9)23(15-11-2)20(6)26(30)31/h10-12,14-16,20-21H,1,5,13,17-18H2,2-4,6-9H3,(H,30,31)/b15-11-,16-14-,22-12+,25-23-,28-24?. The summed E-state index contributed by atoms with van der Waals surface area (Å²) in [5.41, 5.74) is 3.20. The van der Waals surface area contributed by atoms with Gasteiger partial charge in [0.15, 0.2) is 0 Å². The van der Waals surface area contributed by atoms with Gasteiger partial charge in [-0.3, -0.25) is 9.79 Å². The van der Waals surface area contributed by atoms with Crippen LogP contribution in [0, 0.1) is 5.92 Å². The Labute approximate surface area is 199 Å². The van der Waals surface area contributed by atoms with Crippen molar-refractivity contribution < 1.29 is 19.4 Å². The van der Waals surface area contributed by atoms with E-state index < -0.39 is 24.0 Å². The van der Waals surface area contributed by atoms with Crippen LogP contribution in [0.15, 0.2) is 77.0 Å². The molecule has 6 heteroatoms. The zero-order valence-corrected chi connectivity index (χ0v) is 21.2. The van der Waals surface area contributed by atoms with E-state index in [-0.39, 0.29) is 0 Å². The van der Waals surface area contributed by atoms with Crippen LogP contribution in [0.4, 0.5) is 0 Å². The van der Waals surface area contributed by atoms with Crippen LogP contribution in [0.1, 0.15) is 47.5 Å². The van der Waals surface area contributed by atoms with Gasteiger partial charge in [-0.1, -0.05) is 56.0 Å². The SMILES string of the molecule is C=C/C=C\C(=C/C)C(=O)OC(C)C(CC)=N/C(CC(=C)CN(C)C)=C(/C=C\C)C(C)C(=O)O. The average Bonchev–Trinajstić information content (AvgIpc) is 2.74. The maximum absolute atomic E-state index is 12.6. The number of likely N-dealkylation sites (N-methyl/N-ethyl adjacent to an activating group) is 1. The summed E-state index contributed by atoms with van der Waals surface area (Å²) in [7, 11) is 3.90. The Morgan fingerprint density at radius 1 is 1.18 bits per heavy atom. The van der Waals surface area contributed by atoms with Crippen LogP contribution in [-0.2, 0) is 14.3 Å². The summed E-state index contributed by atoms with van der Waals surface area (Å²) in [6.07, 6.45) is 10.5. The normalized spacial score (nSPS) is 15.5. The number of ether oxygens (including phenoxy) is 1. The Morgan fingerprint density at radius 2 is 1.82 bits per heavy atom. The van der Waals surface area contributed by atoms with E-state index in [2.05, 4.69) is 13.2 Å². The third-order valence-corrected chi connectivity index (χ3v) is 4.83. The van der Waals surface area contributed by atoms with Gasteiger partial charge in [-0.25, -0.2) is 4.79 Å². The first-order valence-electron chi connectivity index (χ1n) is 11.2. The smallest absolute Gasteiger partial charge is 0.338 e. The van der Waals surface area contributed by atoms with Gasteiger partial charge in [0.1, 0.15) is 6.10 Å². The van der Waals surface area contributed by atoms with Crippen molar-refractivity contribution in [1.29, 1.82) is 0 Å². The molecule has 0 fully saturated rings.